The van der Waals surface area contributed by atoms with Crippen LogP contribution >= 0.6 is 0 Å². The third kappa shape index (κ3) is 1.96. The van der Waals surface area contributed by atoms with Crippen molar-refractivity contribution in [3.63, 3.8) is 0 Å². The first-order valence-corrected chi connectivity index (χ1v) is 4.72. The molecule has 1 aromatic carbocycles. The van der Waals surface area contributed by atoms with Gasteiger partial charge in [-0.3, -0.25) is 9.78 Å². The highest BCUT2D eigenvalue weighted by Gasteiger charge is 2.02. The second kappa shape index (κ2) is 3.69. The van der Waals surface area contributed by atoms with E-state index >= 15 is 0 Å². The predicted molar refractivity (Wildman–Crippen MR) is 57.8 cm³/mol. The van der Waals surface area contributed by atoms with E-state index in [2.05, 4.69) is 4.98 Å². The van der Waals surface area contributed by atoms with Crippen LogP contribution in [-0.2, 0) is 11.2 Å². The SMILES string of the molecule is Cc1cncc2cc(CC(=O)O)ccc12. The Hall–Kier alpha value is -1.90. The maximum absolute atomic E-state index is 10.6. The Morgan fingerprint density at radius 1 is 1.40 bits per heavy atom. The molecule has 0 bridgehead atoms. The quantitative estimate of drug-likeness (QED) is 0.810. The standard InChI is InChI=1S/C12H11NO2/c1-8-6-13-7-10-4-9(5-12(14)15)2-3-11(8)10/h2-4,6-7H,5H2,1H3,(H,14,15). The second-order valence-corrected chi connectivity index (χ2v) is 3.58. The Balaban J connectivity index is 2.52. The summed E-state index contributed by atoms with van der Waals surface area (Å²) >= 11 is 0. The van der Waals surface area contributed by atoms with E-state index < -0.39 is 5.97 Å². The fraction of sp³-hybridized carbons (Fsp3) is 0.167. The Labute approximate surface area is 87.4 Å². The van der Waals surface area contributed by atoms with Crippen LogP contribution in [0.3, 0.4) is 0 Å². The zero-order valence-corrected chi connectivity index (χ0v) is 8.40. The molecule has 0 aliphatic rings. The zero-order chi connectivity index (χ0) is 10.8. The maximum atomic E-state index is 10.6. The van der Waals surface area contributed by atoms with Crippen LogP contribution in [0.15, 0.2) is 30.6 Å². The summed E-state index contributed by atoms with van der Waals surface area (Å²) in [5.74, 6) is -0.810. The van der Waals surface area contributed by atoms with Gasteiger partial charge in [0.05, 0.1) is 6.42 Å². The molecule has 1 aromatic heterocycles. The minimum Gasteiger partial charge on any atom is -0.481 e. The van der Waals surface area contributed by atoms with E-state index in [1.165, 1.54) is 0 Å². The number of hydrogen-bond acceptors (Lipinski definition) is 2. The lowest BCUT2D eigenvalue weighted by Gasteiger charge is -2.03. The first-order chi connectivity index (χ1) is 7.16. The highest BCUT2D eigenvalue weighted by Crippen LogP contribution is 2.18. The predicted octanol–water partition coefficient (Wildman–Crippen LogP) is 2.17. The molecule has 1 heterocycles. The molecular weight excluding hydrogens is 190 g/mol. The van der Waals surface area contributed by atoms with Crippen LogP contribution in [0, 0.1) is 6.92 Å². The van der Waals surface area contributed by atoms with E-state index in [0.717, 1.165) is 21.9 Å². The molecule has 0 amide bonds. The highest BCUT2D eigenvalue weighted by molar-refractivity contribution is 5.86. The molecule has 3 nitrogen and oxygen atoms in total. The molecule has 3 heteroatoms. The van der Waals surface area contributed by atoms with Crippen molar-refractivity contribution >= 4 is 16.7 Å². The molecule has 76 valence electrons. The van der Waals surface area contributed by atoms with Gasteiger partial charge in [-0.25, -0.2) is 0 Å². The van der Waals surface area contributed by atoms with Gasteiger partial charge in [0.15, 0.2) is 0 Å². The van der Waals surface area contributed by atoms with Crippen molar-refractivity contribution in [2.75, 3.05) is 0 Å². The number of carboxylic acid groups (broad SMARTS) is 1. The van der Waals surface area contributed by atoms with Crippen LogP contribution in [0.5, 0.6) is 0 Å². The van der Waals surface area contributed by atoms with Crippen LogP contribution in [0.4, 0.5) is 0 Å². The molecule has 2 aromatic rings. The first-order valence-electron chi connectivity index (χ1n) is 4.72. The van der Waals surface area contributed by atoms with Gasteiger partial charge in [0.2, 0.25) is 0 Å². The van der Waals surface area contributed by atoms with Gasteiger partial charge in [-0.05, 0) is 29.5 Å². The molecule has 0 saturated heterocycles. The number of benzene rings is 1. The number of nitrogens with zero attached hydrogens (tertiary/aromatic N) is 1. The molecule has 2 rings (SSSR count). The lowest BCUT2D eigenvalue weighted by atomic mass is 10.0. The summed E-state index contributed by atoms with van der Waals surface area (Å²) in [7, 11) is 0. The lowest BCUT2D eigenvalue weighted by Crippen LogP contribution is -1.99. The van der Waals surface area contributed by atoms with Crippen LogP contribution in [0.1, 0.15) is 11.1 Å². The van der Waals surface area contributed by atoms with E-state index in [9.17, 15) is 4.79 Å². The fourth-order valence-electron chi connectivity index (χ4n) is 1.66. The van der Waals surface area contributed by atoms with Crippen LogP contribution in [0.25, 0.3) is 10.8 Å². The van der Waals surface area contributed by atoms with Crippen molar-refractivity contribution in [3.05, 3.63) is 41.7 Å². The first kappa shape index (κ1) is 9.65. The van der Waals surface area contributed by atoms with E-state index in [-0.39, 0.29) is 6.42 Å². The number of aromatic nitrogens is 1. The molecule has 0 spiro atoms. The summed E-state index contributed by atoms with van der Waals surface area (Å²) in [5.41, 5.74) is 1.91. The number of carbonyl (C=O) groups is 1. The Kier molecular flexibility index (Phi) is 2.37. The summed E-state index contributed by atoms with van der Waals surface area (Å²) in [6, 6.07) is 5.68. The monoisotopic (exact) mass is 201 g/mol. The van der Waals surface area contributed by atoms with Crippen molar-refractivity contribution < 1.29 is 9.90 Å². The third-order valence-corrected chi connectivity index (χ3v) is 2.38. The van der Waals surface area contributed by atoms with Gasteiger partial charge in [0, 0.05) is 17.8 Å². The van der Waals surface area contributed by atoms with Crippen molar-refractivity contribution in [2.24, 2.45) is 0 Å². The second-order valence-electron chi connectivity index (χ2n) is 3.58. The average Bonchev–Trinajstić information content (AvgIpc) is 2.17. The third-order valence-electron chi connectivity index (χ3n) is 2.38. The number of aliphatic carboxylic acids is 1. The molecular formula is C12H11NO2. The van der Waals surface area contributed by atoms with Gasteiger partial charge < -0.3 is 5.11 Å². The Morgan fingerprint density at radius 2 is 2.20 bits per heavy atom. The molecule has 0 fully saturated rings. The lowest BCUT2D eigenvalue weighted by molar-refractivity contribution is -0.136. The van der Waals surface area contributed by atoms with Gasteiger partial charge in [0.25, 0.3) is 0 Å². The normalized spacial score (nSPS) is 10.5. The fourth-order valence-corrected chi connectivity index (χ4v) is 1.66. The number of rotatable bonds is 2. The average molecular weight is 201 g/mol. The Morgan fingerprint density at radius 3 is 2.93 bits per heavy atom. The van der Waals surface area contributed by atoms with Gasteiger partial charge in [-0.1, -0.05) is 12.1 Å². The number of fused-ring (bicyclic) bond motifs is 1. The van der Waals surface area contributed by atoms with E-state index in [1.807, 2.05) is 25.1 Å². The molecule has 0 unspecified atom stereocenters. The van der Waals surface area contributed by atoms with Gasteiger partial charge >= 0.3 is 5.97 Å². The van der Waals surface area contributed by atoms with Crippen LogP contribution in [-0.4, -0.2) is 16.1 Å². The molecule has 0 aliphatic heterocycles. The van der Waals surface area contributed by atoms with Gasteiger partial charge in [-0.15, -0.1) is 0 Å². The van der Waals surface area contributed by atoms with Crippen molar-refractivity contribution in [2.45, 2.75) is 13.3 Å². The van der Waals surface area contributed by atoms with Crippen molar-refractivity contribution in [1.29, 1.82) is 0 Å². The molecule has 0 saturated carbocycles. The molecule has 0 atom stereocenters. The molecule has 15 heavy (non-hydrogen) atoms. The number of pyridine rings is 1. The molecule has 1 N–H and O–H groups in total. The topological polar surface area (TPSA) is 50.2 Å². The smallest absolute Gasteiger partial charge is 0.307 e. The summed E-state index contributed by atoms with van der Waals surface area (Å²) in [6.45, 7) is 1.99. The minimum absolute atomic E-state index is 0.0594. The van der Waals surface area contributed by atoms with Crippen LogP contribution in [0.2, 0.25) is 0 Å². The minimum atomic E-state index is -0.810. The molecule has 0 aliphatic carbocycles. The van der Waals surface area contributed by atoms with E-state index in [1.54, 1.807) is 12.4 Å². The summed E-state index contributed by atoms with van der Waals surface area (Å²) < 4.78 is 0. The highest BCUT2D eigenvalue weighted by atomic mass is 16.4. The van der Waals surface area contributed by atoms with E-state index in [0.29, 0.717) is 0 Å². The van der Waals surface area contributed by atoms with Crippen molar-refractivity contribution in [3.8, 4) is 0 Å². The van der Waals surface area contributed by atoms with Crippen LogP contribution < -0.4 is 0 Å². The summed E-state index contributed by atoms with van der Waals surface area (Å²) in [6.07, 6.45) is 3.62. The van der Waals surface area contributed by atoms with Crippen molar-refractivity contribution in [1.82, 2.24) is 4.98 Å². The van der Waals surface area contributed by atoms with E-state index in [4.69, 9.17) is 5.11 Å². The molecule has 0 radical (unpaired) electrons. The van der Waals surface area contributed by atoms with Gasteiger partial charge in [-0.2, -0.15) is 0 Å². The van der Waals surface area contributed by atoms with Gasteiger partial charge in [0.1, 0.15) is 0 Å². The number of hydrogen-bond donors (Lipinski definition) is 1. The maximum Gasteiger partial charge on any atom is 0.307 e. The summed E-state index contributed by atoms with van der Waals surface area (Å²) in [5, 5.41) is 10.8. The largest absolute Gasteiger partial charge is 0.481 e. The number of aryl methyl sites for hydroxylation is 1. The summed E-state index contributed by atoms with van der Waals surface area (Å²) in [4.78, 5) is 14.6. The Bertz CT molecular complexity index is 520. The number of carboxylic acids is 1. The zero-order valence-electron chi connectivity index (χ0n) is 8.40.